The van der Waals surface area contributed by atoms with Crippen LogP contribution in [0.4, 0.5) is 0 Å². The number of hydrogen-bond acceptors (Lipinski definition) is 2. The van der Waals surface area contributed by atoms with Gasteiger partial charge in [0.15, 0.2) is 10.9 Å². The molecule has 0 aromatic heterocycles. The molecule has 0 aliphatic carbocycles. The summed E-state index contributed by atoms with van der Waals surface area (Å²) in [6, 6.07) is 14.1. The van der Waals surface area contributed by atoms with E-state index in [0.29, 0.717) is 26.3 Å². The Balaban J connectivity index is 2.16. The van der Waals surface area contributed by atoms with Crippen molar-refractivity contribution in [2.24, 2.45) is 0 Å². The summed E-state index contributed by atoms with van der Waals surface area (Å²) in [6.07, 6.45) is 0.915. The quantitative estimate of drug-likeness (QED) is 0.491. The lowest BCUT2D eigenvalue weighted by atomic mass is 9.89. The maximum atomic E-state index is 13.4. The van der Waals surface area contributed by atoms with E-state index < -0.39 is 6.04 Å². The molecule has 1 N–H and O–H groups in total. The maximum Gasteiger partial charge on any atom is 0.193 e. The Morgan fingerprint density at radius 3 is 2.52 bits per heavy atom. The number of carbonyl (C=O) groups is 1. The molecule has 3 rings (SSSR count). The molecule has 1 atom stereocenters. The van der Waals surface area contributed by atoms with Gasteiger partial charge in [0.05, 0.1) is 6.04 Å². The summed E-state index contributed by atoms with van der Waals surface area (Å²) in [7, 11) is 0. The van der Waals surface area contributed by atoms with E-state index in [4.69, 9.17) is 35.4 Å². The molecule has 0 spiro atoms. The second-order valence-corrected chi connectivity index (χ2v) is 7.62. The van der Waals surface area contributed by atoms with Crippen LogP contribution < -0.4 is 5.32 Å². The van der Waals surface area contributed by atoms with Crippen molar-refractivity contribution in [1.82, 2.24) is 10.2 Å². The number of ketones is 1. The molecule has 3 nitrogen and oxygen atoms in total. The van der Waals surface area contributed by atoms with E-state index in [1.54, 1.807) is 12.1 Å². The van der Waals surface area contributed by atoms with Gasteiger partial charge in [0.2, 0.25) is 0 Å². The fraction of sp³-hybridized carbons (Fsp3) is 0.238. The molecule has 1 aliphatic heterocycles. The predicted octanol–water partition coefficient (Wildman–Crippen LogP) is 5.79. The molecule has 0 bridgehead atoms. The zero-order chi connectivity index (χ0) is 19.6. The molecule has 140 valence electrons. The number of allylic oxidation sites excluding steroid dienone is 1. The third-order valence-corrected chi connectivity index (χ3v) is 5.50. The summed E-state index contributed by atoms with van der Waals surface area (Å²) >= 11 is 18.1. The fourth-order valence-corrected chi connectivity index (χ4v) is 4.15. The molecule has 0 saturated carbocycles. The molecule has 6 heteroatoms. The van der Waals surface area contributed by atoms with Crippen molar-refractivity contribution in [3.8, 4) is 0 Å². The highest BCUT2D eigenvalue weighted by Gasteiger charge is 2.34. The summed E-state index contributed by atoms with van der Waals surface area (Å²) in [4.78, 5) is 15.4. The Labute approximate surface area is 175 Å². The number of nitrogens with one attached hydrogen (secondary N) is 1. The maximum absolute atomic E-state index is 13.4. The van der Waals surface area contributed by atoms with Gasteiger partial charge in [-0.2, -0.15) is 0 Å². The van der Waals surface area contributed by atoms with Crippen LogP contribution >= 0.6 is 35.4 Å². The highest BCUT2D eigenvalue weighted by Crippen LogP contribution is 2.36. The highest BCUT2D eigenvalue weighted by molar-refractivity contribution is 7.80. The van der Waals surface area contributed by atoms with Crippen molar-refractivity contribution >= 4 is 46.3 Å². The first-order chi connectivity index (χ1) is 12.9. The number of halogens is 2. The number of hydrogen-bond donors (Lipinski definition) is 1. The molecule has 0 fully saturated rings. The number of thiocarbonyl (C=S) groups is 1. The van der Waals surface area contributed by atoms with Gasteiger partial charge in [-0.25, -0.2) is 0 Å². The summed E-state index contributed by atoms with van der Waals surface area (Å²) in [5, 5.41) is 4.95. The Hall–Kier alpha value is -1.88. The first kappa shape index (κ1) is 19.9. The van der Waals surface area contributed by atoms with E-state index >= 15 is 0 Å². The van der Waals surface area contributed by atoms with E-state index in [9.17, 15) is 4.79 Å². The number of carbonyl (C=O) groups excluding carboxylic acids is 1. The minimum absolute atomic E-state index is 0.0415. The largest absolute Gasteiger partial charge is 0.351 e. The van der Waals surface area contributed by atoms with Crippen LogP contribution in [-0.2, 0) is 0 Å². The second kappa shape index (κ2) is 8.42. The van der Waals surface area contributed by atoms with Gasteiger partial charge in [-0.15, -0.1) is 0 Å². The fourth-order valence-electron chi connectivity index (χ4n) is 3.28. The van der Waals surface area contributed by atoms with Crippen LogP contribution in [0.5, 0.6) is 0 Å². The Kier molecular flexibility index (Phi) is 6.20. The number of Topliss-reactive ketones (excluding diaryl/α,β-unsaturated/α-hetero) is 1. The third kappa shape index (κ3) is 4.03. The molecule has 1 unspecified atom stereocenters. The van der Waals surface area contributed by atoms with Gasteiger partial charge >= 0.3 is 0 Å². The minimum Gasteiger partial charge on any atom is -0.351 e. The SMILES string of the molecule is CCCN1C(=S)NC(c2ccc(Cl)cc2Cl)C(C(=O)c2ccccc2)=C1C. The summed E-state index contributed by atoms with van der Waals surface area (Å²) in [5.41, 5.74) is 2.91. The first-order valence-corrected chi connectivity index (χ1v) is 9.94. The number of rotatable bonds is 5. The summed E-state index contributed by atoms with van der Waals surface area (Å²) in [5.74, 6) is -0.0415. The molecule has 0 radical (unpaired) electrons. The Morgan fingerprint density at radius 1 is 1.19 bits per heavy atom. The molecular formula is C21H20Cl2N2OS. The molecule has 2 aromatic carbocycles. The van der Waals surface area contributed by atoms with E-state index in [2.05, 4.69) is 12.2 Å². The van der Waals surface area contributed by atoms with Crippen LogP contribution in [-0.4, -0.2) is 22.3 Å². The van der Waals surface area contributed by atoms with Crippen LogP contribution in [0.1, 0.15) is 42.2 Å². The smallest absolute Gasteiger partial charge is 0.193 e. The van der Waals surface area contributed by atoms with Gasteiger partial charge in [0, 0.05) is 33.4 Å². The summed E-state index contributed by atoms with van der Waals surface area (Å²) in [6.45, 7) is 4.76. The monoisotopic (exact) mass is 418 g/mol. The lowest BCUT2D eigenvalue weighted by molar-refractivity contribution is 0.102. The Bertz CT molecular complexity index is 912. The zero-order valence-corrected chi connectivity index (χ0v) is 17.5. The second-order valence-electron chi connectivity index (χ2n) is 6.39. The number of nitrogens with zero attached hydrogens (tertiary/aromatic N) is 1. The van der Waals surface area contributed by atoms with Crippen LogP contribution in [0, 0.1) is 0 Å². The molecule has 0 amide bonds. The van der Waals surface area contributed by atoms with Crippen molar-refractivity contribution in [1.29, 1.82) is 0 Å². The van der Waals surface area contributed by atoms with Crippen molar-refractivity contribution in [2.75, 3.05) is 6.54 Å². The zero-order valence-electron chi connectivity index (χ0n) is 15.1. The van der Waals surface area contributed by atoms with Crippen molar-refractivity contribution in [3.05, 3.63) is 81.0 Å². The molecule has 2 aromatic rings. The summed E-state index contributed by atoms with van der Waals surface area (Å²) < 4.78 is 0. The first-order valence-electron chi connectivity index (χ1n) is 8.77. The lowest BCUT2D eigenvalue weighted by Crippen LogP contribution is -2.47. The predicted molar refractivity (Wildman–Crippen MR) is 115 cm³/mol. The van der Waals surface area contributed by atoms with Gasteiger partial charge in [0.1, 0.15) is 0 Å². The van der Waals surface area contributed by atoms with Gasteiger partial charge in [-0.05, 0) is 43.3 Å². The normalized spacial score (nSPS) is 17.1. The lowest BCUT2D eigenvalue weighted by Gasteiger charge is -2.38. The van der Waals surface area contributed by atoms with Crippen LogP contribution in [0.25, 0.3) is 0 Å². The van der Waals surface area contributed by atoms with Crippen molar-refractivity contribution < 1.29 is 4.79 Å². The van der Waals surface area contributed by atoms with E-state index in [0.717, 1.165) is 24.2 Å². The molecule has 0 saturated heterocycles. The number of benzene rings is 2. The standard InChI is InChI=1S/C21H20Cl2N2OS/c1-3-11-25-13(2)18(20(26)14-7-5-4-6-8-14)19(24-21(25)27)16-10-9-15(22)12-17(16)23/h4-10,12,19H,3,11H2,1-2H3,(H,24,27). The van der Waals surface area contributed by atoms with Gasteiger partial charge in [0.25, 0.3) is 0 Å². The molecule has 1 aliphatic rings. The van der Waals surface area contributed by atoms with Gasteiger partial charge in [-0.3, -0.25) is 4.79 Å². The van der Waals surface area contributed by atoms with Crippen LogP contribution in [0.15, 0.2) is 59.8 Å². The highest BCUT2D eigenvalue weighted by atomic mass is 35.5. The van der Waals surface area contributed by atoms with E-state index in [-0.39, 0.29) is 5.78 Å². The van der Waals surface area contributed by atoms with E-state index in [1.165, 1.54) is 0 Å². The molecule has 27 heavy (non-hydrogen) atoms. The third-order valence-electron chi connectivity index (χ3n) is 4.60. The van der Waals surface area contributed by atoms with Gasteiger partial charge < -0.3 is 10.2 Å². The van der Waals surface area contributed by atoms with Crippen molar-refractivity contribution in [3.63, 3.8) is 0 Å². The van der Waals surface area contributed by atoms with Gasteiger partial charge in [-0.1, -0.05) is 66.5 Å². The van der Waals surface area contributed by atoms with Crippen molar-refractivity contribution in [2.45, 2.75) is 26.3 Å². The minimum atomic E-state index is -0.428. The average molecular weight is 419 g/mol. The average Bonchev–Trinajstić information content (AvgIpc) is 2.65. The van der Waals surface area contributed by atoms with Crippen LogP contribution in [0.3, 0.4) is 0 Å². The Morgan fingerprint density at radius 2 is 1.89 bits per heavy atom. The topological polar surface area (TPSA) is 32.3 Å². The van der Waals surface area contributed by atoms with E-state index in [1.807, 2.05) is 48.2 Å². The van der Waals surface area contributed by atoms with Crippen LogP contribution in [0.2, 0.25) is 10.0 Å². The molecule has 1 heterocycles. The molecular weight excluding hydrogens is 399 g/mol.